The molecule has 1 amide bonds. The molecule has 1 aromatic rings. The van der Waals surface area contributed by atoms with Crippen molar-refractivity contribution in [3.63, 3.8) is 0 Å². The molecule has 0 aliphatic carbocycles. The van der Waals surface area contributed by atoms with Crippen molar-refractivity contribution in [3.05, 3.63) is 11.8 Å². The van der Waals surface area contributed by atoms with Gasteiger partial charge >= 0.3 is 0 Å². The zero-order chi connectivity index (χ0) is 18.2. The molecule has 1 spiro atoms. The van der Waals surface area contributed by atoms with Crippen LogP contribution in [-0.2, 0) is 21.4 Å². The number of aromatic nitrogens is 2. The van der Waals surface area contributed by atoms with Gasteiger partial charge in [0.25, 0.3) is 10.0 Å². The number of nitrogens with zero attached hydrogens (tertiary/aromatic N) is 4. The molecule has 2 aliphatic rings. The van der Waals surface area contributed by atoms with E-state index in [4.69, 9.17) is 0 Å². The molecule has 0 bridgehead atoms. The Balaban J connectivity index is 1.85. The number of rotatable bonds is 5. The Labute approximate surface area is 150 Å². The van der Waals surface area contributed by atoms with E-state index in [0.717, 1.165) is 32.4 Å². The first-order chi connectivity index (χ1) is 11.8. The van der Waals surface area contributed by atoms with Crippen LogP contribution in [0.15, 0.2) is 11.1 Å². The van der Waals surface area contributed by atoms with Gasteiger partial charge in [-0.1, -0.05) is 6.92 Å². The molecule has 25 heavy (non-hydrogen) atoms. The maximum Gasteiger partial charge on any atom is 0.260 e. The molecule has 7 nitrogen and oxygen atoms in total. The van der Waals surface area contributed by atoms with E-state index in [1.807, 2.05) is 11.8 Å². The fraction of sp³-hybridized carbons (Fsp3) is 0.765. The smallest absolute Gasteiger partial charge is 0.260 e. The minimum atomic E-state index is -3.63. The number of amides is 1. The highest BCUT2D eigenvalue weighted by molar-refractivity contribution is 7.89. The molecule has 0 N–H and O–H groups in total. The number of piperidine rings is 1. The van der Waals surface area contributed by atoms with Crippen molar-refractivity contribution in [1.82, 2.24) is 19.0 Å². The third kappa shape index (κ3) is 3.10. The van der Waals surface area contributed by atoms with Gasteiger partial charge in [0, 0.05) is 32.7 Å². The molecule has 2 aliphatic heterocycles. The monoisotopic (exact) mass is 368 g/mol. The number of carbonyl (C=O) groups excluding carboxylic acids is 1. The highest BCUT2D eigenvalue weighted by Gasteiger charge is 2.51. The summed E-state index contributed by atoms with van der Waals surface area (Å²) >= 11 is 0. The molecular formula is C17H28N4O3S. The normalized spacial score (nSPS) is 25.2. The first-order valence-corrected chi connectivity index (χ1v) is 10.6. The number of carbonyl (C=O) groups is 1. The van der Waals surface area contributed by atoms with Gasteiger partial charge in [-0.25, -0.2) is 8.42 Å². The average molecular weight is 369 g/mol. The minimum Gasteiger partial charge on any atom is -0.342 e. The topological polar surface area (TPSA) is 75.5 Å². The number of aryl methyl sites for hydroxylation is 2. The summed E-state index contributed by atoms with van der Waals surface area (Å²) in [4.78, 5) is 14.9. The third-order valence-corrected chi connectivity index (χ3v) is 7.25. The lowest BCUT2D eigenvalue weighted by atomic mass is 9.78. The summed E-state index contributed by atoms with van der Waals surface area (Å²) in [5.41, 5.74) is 0.157. The van der Waals surface area contributed by atoms with Crippen LogP contribution in [-0.4, -0.2) is 59.5 Å². The van der Waals surface area contributed by atoms with E-state index >= 15 is 0 Å². The molecule has 3 heterocycles. The molecule has 0 radical (unpaired) electrons. The lowest BCUT2D eigenvalue weighted by molar-refractivity contribution is -0.145. The Hall–Kier alpha value is -1.41. The molecule has 3 rings (SSSR count). The van der Waals surface area contributed by atoms with E-state index in [0.29, 0.717) is 31.7 Å². The quantitative estimate of drug-likeness (QED) is 0.791. The largest absolute Gasteiger partial charge is 0.342 e. The maximum absolute atomic E-state index is 13.1. The van der Waals surface area contributed by atoms with Gasteiger partial charge in [0.2, 0.25) is 5.91 Å². The summed E-state index contributed by atoms with van der Waals surface area (Å²) in [6.45, 7) is 8.50. The van der Waals surface area contributed by atoms with Gasteiger partial charge < -0.3 is 4.90 Å². The molecule has 1 atom stereocenters. The van der Waals surface area contributed by atoms with Gasteiger partial charge in [-0.2, -0.15) is 9.40 Å². The molecule has 2 saturated heterocycles. The summed E-state index contributed by atoms with van der Waals surface area (Å²) in [5, 5.41) is 4.49. The Morgan fingerprint density at radius 2 is 2.00 bits per heavy atom. The van der Waals surface area contributed by atoms with Crippen LogP contribution in [0.3, 0.4) is 0 Å². The van der Waals surface area contributed by atoms with Crippen LogP contribution in [0.2, 0.25) is 0 Å². The average Bonchev–Trinajstić information content (AvgIpc) is 3.17. The molecule has 8 heteroatoms. The Kier molecular flexibility index (Phi) is 4.94. The number of likely N-dealkylation sites (tertiary alicyclic amines) is 1. The molecule has 140 valence electrons. The van der Waals surface area contributed by atoms with Crippen LogP contribution >= 0.6 is 0 Å². The van der Waals surface area contributed by atoms with E-state index in [1.165, 1.54) is 8.99 Å². The van der Waals surface area contributed by atoms with Crippen LogP contribution in [0.25, 0.3) is 0 Å². The molecule has 2 fully saturated rings. The van der Waals surface area contributed by atoms with E-state index in [1.54, 1.807) is 13.0 Å². The SMILES string of the molecule is CCCN1CCC[C@@]2(CCN(S(=O)(=O)c3cc(C)nn3CC)C2)C1=O. The number of hydrogen-bond acceptors (Lipinski definition) is 4. The Bertz CT molecular complexity index is 756. The zero-order valence-corrected chi connectivity index (χ0v) is 16.2. The Morgan fingerprint density at radius 3 is 2.68 bits per heavy atom. The van der Waals surface area contributed by atoms with Gasteiger partial charge in [0.1, 0.15) is 0 Å². The fourth-order valence-electron chi connectivity index (χ4n) is 4.14. The van der Waals surface area contributed by atoms with Gasteiger partial charge in [0.05, 0.1) is 11.1 Å². The van der Waals surface area contributed by atoms with Crippen LogP contribution in [0.4, 0.5) is 0 Å². The summed E-state index contributed by atoms with van der Waals surface area (Å²) in [6.07, 6.45) is 3.28. The van der Waals surface area contributed by atoms with E-state index in [9.17, 15) is 13.2 Å². The highest BCUT2D eigenvalue weighted by atomic mass is 32.2. The van der Waals surface area contributed by atoms with E-state index in [2.05, 4.69) is 12.0 Å². The van der Waals surface area contributed by atoms with E-state index < -0.39 is 15.4 Å². The maximum atomic E-state index is 13.1. The predicted molar refractivity (Wildman–Crippen MR) is 94.6 cm³/mol. The number of hydrogen-bond donors (Lipinski definition) is 0. The summed E-state index contributed by atoms with van der Waals surface area (Å²) in [7, 11) is -3.63. The fourth-order valence-corrected chi connectivity index (χ4v) is 5.91. The first-order valence-electron chi connectivity index (χ1n) is 9.18. The summed E-state index contributed by atoms with van der Waals surface area (Å²) in [6, 6.07) is 1.62. The molecule has 1 aromatic heterocycles. The van der Waals surface area contributed by atoms with Crippen molar-refractivity contribution in [2.24, 2.45) is 5.41 Å². The van der Waals surface area contributed by atoms with Gasteiger partial charge in [0.15, 0.2) is 5.03 Å². The van der Waals surface area contributed by atoms with Crippen molar-refractivity contribution in [1.29, 1.82) is 0 Å². The lowest BCUT2D eigenvalue weighted by Gasteiger charge is -2.39. The van der Waals surface area contributed by atoms with Crippen molar-refractivity contribution < 1.29 is 13.2 Å². The highest BCUT2D eigenvalue weighted by Crippen LogP contribution is 2.41. The van der Waals surface area contributed by atoms with Gasteiger partial charge in [-0.3, -0.25) is 9.48 Å². The molecule has 0 saturated carbocycles. The second kappa shape index (κ2) is 6.72. The van der Waals surface area contributed by atoms with Crippen LogP contribution in [0.1, 0.15) is 45.2 Å². The zero-order valence-electron chi connectivity index (χ0n) is 15.4. The Morgan fingerprint density at radius 1 is 1.24 bits per heavy atom. The van der Waals surface area contributed by atoms with Crippen LogP contribution < -0.4 is 0 Å². The number of sulfonamides is 1. The van der Waals surface area contributed by atoms with Crippen molar-refractivity contribution in [2.75, 3.05) is 26.2 Å². The van der Waals surface area contributed by atoms with Crippen molar-refractivity contribution in [3.8, 4) is 0 Å². The van der Waals surface area contributed by atoms with Crippen LogP contribution in [0.5, 0.6) is 0 Å². The summed E-state index contributed by atoms with van der Waals surface area (Å²) < 4.78 is 29.2. The first kappa shape index (κ1) is 18.4. The lowest BCUT2D eigenvalue weighted by Crippen LogP contribution is -2.50. The second-order valence-corrected chi connectivity index (χ2v) is 9.09. The molecule has 0 unspecified atom stereocenters. The van der Waals surface area contributed by atoms with Gasteiger partial charge in [-0.15, -0.1) is 0 Å². The van der Waals surface area contributed by atoms with Gasteiger partial charge in [-0.05, 0) is 45.6 Å². The molecular weight excluding hydrogens is 340 g/mol. The van der Waals surface area contributed by atoms with E-state index in [-0.39, 0.29) is 10.9 Å². The predicted octanol–water partition coefficient (Wildman–Crippen LogP) is 1.62. The standard InChI is InChI=1S/C17H28N4O3S/c1-4-9-19-10-6-7-17(16(19)22)8-11-20(13-17)25(23,24)15-12-14(3)18-21(15)5-2/h12H,4-11,13H2,1-3H3/t17-/m0/s1. The van der Waals surface area contributed by atoms with Crippen molar-refractivity contribution in [2.45, 2.75) is 58.0 Å². The van der Waals surface area contributed by atoms with Crippen molar-refractivity contribution >= 4 is 15.9 Å². The second-order valence-electron chi connectivity index (χ2n) is 7.20. The minimum absolute atomic E-state index is 0.137. The summed E-state index contributed by atoms with van der Waals surface area (Å²) in [5.74, 6) is 0.137. The third-order valence-electron chi connectivity index (χ3n) is 5.41. The molecule has 0 aromatic carbocycles. The van der Waals surface area contributed by atoms with Crippen LogP contribution in [0, 0.1) is 12.3 Å².